The molecular weight excluding hydrogens is 414 g/mol. The fourth-order valence-corrected chi connectivity index (χ4v) is 7.25. The highest BCUT2D eigenvalue weighted by molar-refractivity contribution is 8.04. The van der Waals surface area contributed by atoms with Gasteiger partial charge in [0, 0.05) is 5.92 Å². The summed E-state index contributed by atoms with van der Waals surface area (Å²) in [6.07, 6.45) is -0.614. The average Bonchev–Trinajstić information content (AvgIpc) is 2.88. The van der Waals surface area contributed by atoms with Crippen LogP contribution in [0.4, 0.5) is 0 Å². The van der Waals surface area contributed by atoms with Gasteiger partial charge in [0.05, 0.1) is 9.79 Å². The summed E-state index contributed by atoms with van der Waals surface area (Å²) in [5.74, 6) is -1.53. The third-order valence-corrected chi connectivity index (χ3v) is 9.44. The van der Waals surface area contributed by atoms with Gasteiger partial charge >= 0.3 is 5.97 Å². The molecule has 0 radical (unpaired) electrons. The van der Waals surface area contributed by atoms with Gasteiger partial charge in [0.15, 0.2) is 0 Å². The second kappa shape index (κ2) is 7.55. The number of esters is 1. The summed E-state index contributed by atoms with van der Waals surface area (Å²) in [7, 11) is -9.12. The number of hydrogen-bond donors (Lipinski definition) is 0. The molecule has 1 heterocycles. The molecule has 2 aromatic rings. The number of carbonyl (C=O) groups is 1. The maximum atomic E-state index is 13.5. The highest BCUT2D eigenvalue weighted by atomic mass is 32.3. The lowest BCUT2D eigenvalue weighted by Gasteiger charge is -2.27. The van der Waals surface area contributed by atoms with E-state index in [0.29, 0.717) is 3.71 Å². The van der Waals surface area contributed by atoms with Crippen LogP contribution >= 0.6 is 0 Å². The molecule has 3 rings (SSSR count). The molecule has 156 valence electrons. The predicted octanol–water partition coefficient (Wildman–Crippen LogP) is 2.63. The summed E-state index contributed by atoms with van der Waals surface area (Å²) < 4.78 is 59.3. The van der Waals surface area contributed by atoms with Crippen molar-refractivity contribution in [2.24, 2.45) is 5.92 Å². The van der Waals surface area contributed by atoms with Gasteiger partial charge in [-0.1, -0.05) is 46.0 Å². The van der Waals surface area contributed by atoms with E-state index in [1.54, 1.807) is 52.0 Å². The summed E-state index contributed by atoms with van der Waals surface area (Å²) in [6.45, 7) is 6.78. The Labute approximate surface area is 171 Å². The zero-order valence-electron chi connectivity index (χ0n) is 16.6. The van der Waals surface area contributed by atoms with Crippen LogP contribution in [0.3, 0.4) is 0 Å². The Balaban J connectivity index is 2.23. The molecule has 0 amide bonds. The van der Waals surface area contributed by atoms with E-state index in [1.165, 1.54) is 24.3 Å². The zero-order chi connectivity index (χ0) is 21.6. The Kier molecular flexibility index (Phi) is 5.59. The highest BCUT2D eigenvalue weighted by Gasteiger charge is 2.53. The molecule has 1 saturated heterocycles. The molecule has 1 fully saturated rings. The van der Waals surface area contributed by atoms with Crippen molar-refractivity contribution in [3.8, 4) is 0 Å². The second-order valence-corrected chi connectivity index (χ2v) is 11.2. The quantitative estimate of drug-likeness (QED) is 0.667. The third kappa shape index (κ3) is 3.82. The van der Waals surface area contributed by atoms with Crippen molar-refractivity contribution in [1.82, 2.24) is 3.71 Å². The Hall–Kier alpha value is -2.23. The van der Waals surface area contributed by atoms with Gasteiger partial charge in [-0.3, -0.25) is 4.79 Å². The Morgan fingerprint density at radius 2 is 1.14 bits per heavy atom. The number of cyclic esters (lactones) is 1. The number of aryl methyl sites for hydroxylation is 2. The second-order valence-electron chi connectivity index (χ2n) is 7.31. The minimum atomic E-state index is -4.56. The predicted molar refractivity (Wildman–Crippen MR) is 107 cm³/mol. The Bertz CT molecular complexity index is 1050. The van der Waals surface area contributed by atoms with Gasteiger partial charge in [0.25, 0.3) is 20.0 Å². The minimum absolute atomic E-state index is 0.210. The molecule has 3 atom stereocenters. The van der Waals surface area contributed by atoms with Crippen LogP contribution in [-0.4, -0.2) is 38.7 Å². The Morgan fingerprint density at radius 3 is 1.45 bits per heavy atom. The fourth-order valence-electron chi connectivity index (χ4n) is 3.17. The van der Waals surface area contributed by atoms with Crippen LogP contribution in [0.2, 0.25) is 0 Å². The molecular formula is C20H23NO6S2. The number of carbonyl (C=O) groups excluding carboxylic acids is 1. The van der Waals surface area contributed by atoms with Gasteiger partial charge in [0.1, 0.15) is 12.1 Å². The molecule has 29 heavy (non-hydrogen) atoms. The SMILES string of the molecule is Cc1ccc(S(=O)(=O)N([C@@H]2C(=O)O[C@@H](C)[C@@H]2C)S(=O)(=O)c2ccc(C)cc2)cc1. The molecule has 0 bridgehead atoms. The van der Waals surface area contributed by atoms with Crippen LogP contribution in [-0.2, 0) is 29.6 Å². The van der Waals surface area contributed by atoms with Gasteiger partial charge < -0.3 is 4.74 Å². The van der Waals surface area contributed by atoms with Gasteiger partial charge in [0.2, 0.25) is 0 Å². The molecule has 0 saturated carbocycles. The topological polar surface area (TPSA) is 97.8 Å². The van der Waals surface area contributed by atoms with Gasteiger partial charge in [-0.05, 0) is 45.0 Å². The maximum absolute atomic E-state index is 13.5. The van der Waals surface area contributed by atoms with Crippen molar-refractivity contribution < 1.29 is 26.4 Å². The number of sulfonamides is 2. The molecule has 0 spiro atoms. The first-order valence-electron chi connectivity index (χ1n) is 9.09. The Morgan fingerprint density at radius 1 is 0.759 bits per heavy atom. The van der Waals surface area contributed by atoms with Crippen LogP contribution in [0, 0.1) is 19.8 Å². The van der Waals surface area contributed by atoms with E-state index in [2.05, 4.69) is 0 Å². The van der Waals surface area contributed by atoms with Crippen LogP contribution in [0.1, 0.15) is 25.0 Å². The molecule has 0 aliphatic carbocycles. The fraction of sp³-hybridized carbons (Fsp3) is 0.350. The number of nitrogens with zero attached hydrogens (tertiary/aromatic N) is 1. The van der Waals surface area contributed by atoms with E-state index in [1.807, 2.05) is 0 Å². The largest absolute Gasteiger partial charge is 0.461 e. The van der Waals surface area contributed by atoms with Crippen molar-refractivity contribution in [2.75, 3.05) is 0 Å². The maximum Gasteiger partial charge on any atom is 0.326 e. The van der Waals surface area contributed by atoms with E-state index in [-0.39, 0.29) is 9.79 Å². The normalized spacial score (nSPS) is 22.7. The molecule has 0 N–H and O–H groups in total. The molecule has 0 aromatic heterocycles. The first kappa shape index (κ1) is 21.5. The lowest BCUT2D eigenvalue weighted by molar-refractivity contribution is -0.142. The van der Waals surface area contributed by atoms with Crippen molar-refractivity contribution in [2.45, 2.75) is 49.6 Å². The van der Waals surface area contributed by atoms with E-state index in [4.69, 9.17) is 4.74 Å². The summed E-state index contributed by atoms with van der Waals surface area (Å²) >= 11 is 0. The summed E-state index contributed by atoms with van der Waals surface area (Å²) in [5.41, 5.74) is 1.64. The number of hydrogen-bond acceptors (Lipinski definition) is 6. The number of rotatable bonds is 5. The van der Waals surface area contributed by atoms with Crippen LogP contribution in [0.5, 0.6) is 0 Å². The van der Waals surface area contributed by atoms with E-state index >= 15 is 0 Å². The monoisotopic (exact) mass is 437 g/mol. The lowest BCUT2D eigenvalue weighted by Crippen LogP contribution is -2.49. The van der Waals surface area contributed by atoms with Gasteiger partial charge in [-0.25, -0.2) is 16.8 Å². The van der Waals surface area contributed by atoms with Crippen molar-refractivity contribution in [1.29, 1.82) is 0 Å². The van der Waals surface area contributed by atoms with Crippen LogP contribution < -0.4 is 0 Å². The van der Waals surface area contributed by atoms with E-state index in [9.17, 15) is 21.6 Å². The molecule has 2 aromatic carbocycles. The minimum Gasteiger partial charge on any atom is -0.461 e. The lowest BCUT2D eigenvalue weighted by atomic mass is 10.0. The standard InChI is InChI=1S/C20H23NO6S2/c1-13-5-9-17(10-6-13)28(23,24)21(19-15(3)16(4)27-20(19)22)29(25,26)18-11-7-14(2)8-12-18/h5-12,15-16,19H,1-4H3/t15-,16-,19-/m0/s1. The summed E-state index contributed by atoms with van der Waals surface area (Å²) in [4.78, 5) is 12.1. The van der Waals surface area contributed by atoms with Gasteiger partial charge in [-0.2, -0.15) is 0 Å². The smallest absolute Gasteiger partial charge is 0.326 e. The van der Waals surface area contributed by atoms with Crippen molar-refractivity contribution in [3.63, 3.8) is 0 Å². The first-order chi connectivity index (χ1) is 13.5. The average molecular weight is 438 g/mol. The van der Waals surface area contributed by atoms with Crippen LogP contribution in [0.25, 0.3) is 0 Å². The van der Waals surface area contributed by atoms with Gasteiger partial charge in [-0.15, -0.1) is 0 Å². The van der Waals surface area contributed by atoms with Crippen LogP contribution in [0.15, 0.2) is 58.3 Å². The number of benzene rings is 2. The van der Waals surface area contributed by atoms with Crippen molar-refractivity contribution in [3.05, 3.63) is 59.7 Å². The van der Waals surface area contributed by atoms with Crippen molar-refractivity contribution >= 4 is 26.0 Å². The number of ether oxygens (including phenoxy) is 1. The highest BCUT2D eigenvalue weighted by Crippen LogP contribution is 2.35. The molecule has 1 aliphatic heterocycles. The van der Waals surface area contributed by atoms with E-state index < -0.39 is 44.1 Å². The first-order valence-corrected chi connectivity index (χ1v) is 12.0. The molecule has 9 heteroatoms. The summed E-state index contributed by atoms with van der Waals surface area (Å²) in [5, 5.41) is 0. The summed E-state index contributed by atoms with van der Waals surface area (Å²) in [6, 6.07) is 10.1. The molecule has 1 aliphatic rings. The van der Waals surface area contributed by atoms with E-state index in [0.717, 1.165) is 11.1 Å². The third-order valence-electron chi connectivity index (χ3n) is 5.12. The molecule has 0 unspecified atom stereocenters. The zero-order valence-corrected chi connectivity index (χ0v) is 18.2. The molecule has 7 nitrogen and oxygen atoms in total.